The zero-order chi connectivity index (χ0) is 20.9. The Kier molecular flexibility index (Phi) is 5.77. The second kappa shape index (κ2) is 8.80. The van der Waals surface area contributed by atoms with Crippen LogP contribution in [0.15, 0.2) is 60.4 Å². The Balaban J connectivity index is 1.37. The summed E-state index contributed by atoms with van der Waals surface area (Å²) in [5.74, 6) is 0.414. The van der Waals surface area contributed by atoms with Gasteiger partial charge in [-0.05, 0) is 24.3 Å². The van der Waals surface area contributed by atoms with E-state index in [1.165, 1.54) is 0 Å². The molecule has 1 amide bonds. The van der Waals surface area contributed by atoms with E-state index >= 15 is 0 Å². The molecule has 0 aliphatic carbocycles. The number of imidazole rings is 1. The van der Waals surface area contributed by atoms with Gasteiger partial charge in [0.15, 0.2) is 11.6 Å². The SMILES string of the molecule is N#C/C(=C(/O)C[NH+]1CCC(C(=O)Nc2ccccc2)CC1)c1nc2ccccc2[nH]1. The molecule has 1 fully saturated rings. The van der Waals surface area contributed by atoms with Gasteiger partial charge in [-0.1, -0.05) is 30.3 Å². The number of aromatic nitrogens is 2. The Morgan fingerprint density at radius 2 is 1.87 bits per heavy atom. The van der Waals surface area contributed by atoms with Crippen molar-refractivity contribution in [1.29, 1.82) is 5.26 Å². The van der Waals surface area contributed by atoms with Gasteiger partial charge in [-0.15, -0.1) is 0 Å². The van der Waals surface area contributed by atoms with Crippen molar-refractivity contribution in [1.82, 2.24) is 9.97 Å². The summed E-state index contributed by atoms with van der Waals surface area (Å²) < 4.78 is 0. The summed E-state index contributed by atoms with van der Waals surface area (Å²) in [7, 11) is 0. The number of aliphatic hydroxyl groups excluding tert-OH is 1. The van der Waals surface area contributed by atoms with Crippen LogP contribution in [-0.4, -0.2) is 40.6 Å². The number of quaternary nitrogens is 1. The van der Waals surface area contributed by atoms with Crippen LogP contribution in [0.5, 0.6) is 0 Å². The Bertz CT molecular complexity index is 1070. The number of fused-ring (bicyclic) bond motifs is 1. The van der Waals surface area contributed by atoms with Crippen LogP contribution < -0.4 is 10.2 Å². The molecule has 0 saturated carbocycles. The summed E-state index contributed by atoms with van der Waals surface area (Å²) in [6.45, 7) is 1.86. The van der Waals surface area contributed by atoms with Gasteiger partial charge in [0.1, 0.15) is 18.2 Å². The lowest BCUT2D eigenvalue weighted by molar-refractivity contribution is -0.902. The molecule has 2 aromatic carbocycles. The zero-order valence-corrected chi connectivity index (χ0v) is 16.6. The smallest absolute Gasteiger partial charge is 0.227 e. The van der Waals surface area contributed by atoms with Crippen LogP contribution in [0.25, 0.3) is 16.6 Å². The molecule has 4 rings (SSSR count). The number of piperidine rings is 1. The molecule has 7 heteroatoms. The predicted molar refractivity (Wildman–Crippen MR) is 115 cm³/mol. The van der Waals surface area contributed by atoms with Gasteiger partial charge in [0.05, 0.1) is 24.1 Å². The first-order valence-electron chi connectivity index (χ1n) is 10.1. The molecular formula is C23H24N5O2+. The lowest BCUT2D eigenvalue weighted by Gasteiger charge is -2.28. The second-order valence-electron chi connectivity index (χ2n) is 7.59. The number of carbonyl (C=O) groups is 1. The molecule has 1 aliphatic rings. The number of amides is 1. The van der Waals surface area contributed by atoms with Gasteiger partial charge in [0.2, 0.25) is 5.91 Å². The number of nitrogens with one attached hydrogen (secondary N) is 3. The molecule has 1 aliphatic heterocycles. The number of anilines is 1. The third-order valence-corrected chi connectivity index (χ3v) is 5.55. The Hall–Kier alpha value is -3.63. The molecule has 152 valence electrons. The van der Waals surface area contributed by atoms with E-state index in [4.69, 9.17) is 0 Å². The van der Waals surface area contributed by atoms with Crippen molar-refractivity contribution in [3.8, 4) is 6.07 Å². The van der Waals surface area contributed by atoms with Crippen molar-refractivity contribution < 1.29 is 14.8 Å². The summed E-state index contributed by atoms with van der Waals surface area (Å²) in [6, 6.07) is 19.1. The summed E-state index contributed by atoms with van der Waals surface area (Å²) in [5.41, 5.74) is 2.56. The van der Waals surface area contributed by atoms with Crippen molar-refractivity contribution in [3.63, 3.8) is 0 Å². The van der Waals surface area contributed by atoms with Gasteiger partial charge >= 0.3 is 0 Å². The number of hydrogen-bond donors (Lipinski definition) is 4. The summed E-state index contributed by atoms with van der Waals surface area (Å²) in [6.07, 6.45) is 1.49. The highest BCUT2D eigenvalue weighted by molar-refractivity contribution is 5.92. The Morgan fingerprint density at radius 1 is 1.17 bits per heavy atom. The van der Waals surface area contributed by atoms with Crippen LogP contribution in [0.2, 0.25) is 0 Å². The molecule has 3 aromatic rings. The molecule has 0 bridgehead atoms. The monoisotopic (exact) mass is 402 g/mol. The maximum Gasteiger partial charge on any atom is 0.227 e. The zero-order valence-electron chi connectivity index (χ0n) is 16.6. The number of carbonyl (C=O) groups excluding carboxylic acids is 1. The molecule has 0 unspecified atom stereocenters. The highest BCUT2D eigenvalue weighted by Crippen LogP contribution is 2.19. The van der Waals surface area contributed by atoms with Gasteiger partial charge in [0, 0.05) is 24.4 Å². The summed E-state index contributed by atoms with van der Waals surface area (Å²) in [4.78, 5) is 21.2. The van der Waals surface area contributed by atoms with Crippen molar-refractivity contribution in [2.24, 2.45) is 5.92 Å². The van der Waals surface area contributed by atoms with Crippen LogP contribution in [0.1, 0.15) is 18.7 Å². The third-order valence-electron chi connectivity index (χ3n) is 5.55. The summed E-state index contributed by atoms with van der Waals surface area (Å²) >= 11 is 0. The van der Waals surface area contributed by atoms with Crippen molar-refractivity contribution >= 4 is 28.2 Å². The minimum absolute atomic E-state index is 0.0266. The van der Waals surface area contributed by atoms with Gasteiger partial charge < -0.3 is 20.3 Å². The van der Waals surface area contributed by atoms with Gasteiger partial charge in [-0.25, -0.2) is 4.98 Å². The number of likely N-dealkylation sites (tertiary alicyclic amines) is 1. The fraction of sp³-hybridized carbons (Fsp3) is 0.261. The van der Waals surface area contributed by atoms with Crippen LogP contribution in [0, 0.1) is 17.2 Å². The Morgan fingerprint density at radius 3 is 2.57 bits per heavy atom. The van der Waals surface area contributed by atoms with Crippen molar-refractivity contribution in [3.05, 3.63) is 66.2 Å². The average molecular weight is 402 g/mol. The van der Waals surface area contributed by atoms with E-state index in [1.54, 1.807) is 0 Å². The number of nitrogens with zero attached hydrogens (tertiary/aromatic N) is 2. The van der Waals surface area contributed by atoms with E-state index in [0.717, 1.165) is 47.6 Å². The number of benzene rings is 2. The van der Waals surface area contributed by atoms with E-state index < -0.39 is 0 Å². The number of para-hydroxylation sites is 3. The molecule has 1 aromatic heterocycles. The lowest BCUT2D eigenvalue weighted by Crippen LogP contribution is -3.13. The first-order chi connectivity index (χ1) is 14.6. The van der Waals surface area contributed by atoms with E-state index in [-0.39, 0.29) is 23.2 Å². The number of aliphatic hydroxyl groups is 1. The minimum atomic E-state index is -0.0362. The van der Waals surface area contributed by atoms with E-state index in [2.05, 4.69) is 21.4 Å². The standard InChI is InChI=1S/C23H23N5O2/c24-14-18(22-26-19-8-4-5-9-20(19)27-22)21(29)15-28-12-10-16(11-13-28)23(30)25-17-6-2-1-3-7-17/h1-9,16,29H,10-13,15H2,(H,25,30)(H,26,27)/p+1/b21-18-. The minimum Gasteiger partial charge on any atom is -0.506 e. The number of rotatable bonds is 5. The summed E-state index contributed by atoms with van der Waals surface area (Å²) in [5, 5.41) is 23.1. The van der Waals surface area contributed by atoms with Gasteiger partial charge in [0.25, 0.3) is 0 Å². The highest BCUT2D eigenvalue weighted by Gasteiger charge is 2.28. The topological polar surface area (TPSA) is 106 Å². The van der Waals surface area contributed by atoms with Crippen LogP contribution >= 0.6 is 0 Å². The predicted octanol–water partition coefficient (Wildman–Crippen LogP) is 2.29. The third kappa shape index (κ3) is 4.34. The molecule has 30 heavy (non-hydrogen) atoms. The maximum atomic E-state index is 12.5. The number of hydrogen-bond acceptors (Lipinski definition) is 4. The molecule has 0 atom stereocenters. The van der Waals surface area contributed by atoms with Crippen molar-refractivity contribution in [2.45, 2.75) is 12.8 Å². The quantitative estimate of drug-likeness (QED) is 0.388. The Labute approximate surface area is 174 Å². The van der Waals surface area contributed by atoms with E-state index in [9.17, 15) is 15.2 Å². The largest absolute Gasteiger partial charge is 0.506 e. The lowest BCUT2D eigenvalue weighted by atomic mass is 9.95. The molecular weight excluding hydrogens is 378 g/mol. The van der Waals surface area contributed by atoms with E-state index in [0.29, 0.717) is 12.4 Å². The average Bonchev–Trinajstić information content (AvgIpc) is 3.19. The first kappa shape index (κ1) is 19.7. The molecule has 1 saturated heterocycles. The van der Waals surface area contributed by atoms with Crippen LogP contribution in [-0.2, 0) is 4.79 Å². The number of H-pyrrole nitrogens is 1. The van der Waals surface area contributed by atoms with E-state index in [1.807, 2.05) is 54.6 Å². The fourth-order valence-corrected chi connectivity index (χ4v) is 3.88. The van der Waals surface area contributed by atoms with Gasteiger partial charge in [-0.2, -0.15) is 5.26 Å². The molecule has 2 heterocycles. The number of allylic oxidation sites excluding steroid dienone is 1. The number of nitriles is 1. The molecule has 7 nitrogen and oxygen atoms in total. The second-order valence-corrected chi connectivity index (χ2v) is 7.59. The van der Waals surface area contributed by atoms with Gasteiger partial charge in [-0.3, -0.25) is 4.79 Å². The highest BCUT2D eigenvalue weighted by atomic mass is 16.3. The van der Waals surface area contributed by atoms with Crippen LogP contribution in [0.4, 0.5) is 5.69 Å². The normalized spacial score (nSPS) is 19.7. The number of aromatic amines is 1. The van der Waals surface area contributed by atoms with Crippen molar-refractivity contribution in [2.75, 3.05) is 25.0 Å². The fourth-order valence-electron chi connectivity index (χ4n) is 3.88. The molecule has 4 N–H and O–H groups in total. The molecule has 0 spiro atoms. The maximum absolute atomic E-state index is 12.5. The first-order valence-corrected chi connectivity index (χ1v) is 10.1. The van der Waals surface area contributed by atoms with Crippen LogP contribution in [0.3, 0.4) is 0 Å². The molecule has 0 radical (unpaired) electrons.